The second-order valence-corrected chi connectivity index (χ2v) is 12.3. The summed E-state index contributed by atoms with van der Waals surface area (Å²) >= 11 is 0. The summed E-state index contributed by atoms with van der Waals surface area (Å²) in [6.07, 6.45) is 12.0. The van der Waals surface area contributed by atoms with Gasteiger partial charge >= 0.3 is 6.09 Å². The largest absolute Gasteiger partial charge is 0.442 e. The van der Waals surface area contributed by atoms with E-state index in [2.05, 4.69) is 44.5 Å². The first-order valence-electron chi connectivity index (χ1n) is 14.5. The first kappa shape index (κ1) is 27.3. The Bertz CT molecular complexity index is 1280. The summed E-state index contributed by atoms with van der Waals surface area (Å²) in [5.41, 5.74) is 12.6. The van der Waals surface area contributed by atoms with Crippen molar-refractivity contribution in [1.29, 1.82) is 0 Å². The molecule has 2 fully saturated rings. The number of ether oxygens (including phenoxy) is 1. The molecule has 1 atom stereocenters. The number of rotatable bonds is 8. The van der Waals surface area contributed by atoms with E-state index in [0.717, 1.165) is 48.3 Å². The van der Waals surface area contributed by atoms with E-state index in [9.17, 15) is 9.59 Å². The lowest BCUT2D eigenvalue weighted by molar-refractivity contribution is 0.0441. The third kappa shape index (κ3) is 6.01. The van der Waals surface area contributed by atoms with Gasteiger partial charge in [-0.1, -0.05) is 24.4 Å². The molecule has 10 nitrogen and oxygen atoms in total. The van der Waals surface area contributed by atoms with Crippen LogP contribution in [0.5, 0.6) is 0 Å². The monoisotopic (exact) mass is 535 g/mol. The third-order valence-electron chi connectivity index (χ3n) is 8.65. The highest BCUT2D eigenvalue weighted by atomic mass is 16.6. The van der Waals surface area contributed by atoms with E-state index in [1.54, 1.807) is 20.0 Å². The zero-order valence-corrected chi connectivity index (χ0v) is 23.7. The van der Waals surface area contributed by atoms with Gasteiger partial charge in [-0.25, -0.2) is 4.79 Å². The number of nitrogens with zero attached hydrogens (tertiary/aromatic N) is 7. The molecule has 5 rings (SSSR count). The lowest BCUT2D eigenvalue weighted by Gasteiger charge is -2.34. The van der Waals surface area contributed by atoms with Gasteiger partial charge in [0.15, 0.2) is 0 Å². The zero-order valence-electron chi connectivity index (χ0n) is 23.7. The minimum atomic E-state index is -0.934. The van der Waals surface area contributed by atoms with Crippen LogP contribution >= 0.6 is 0 Å². The van der Waals surface area contributed by atoms with Crippen LogP contribution in [0.15, 0.2) is 17.4 Å². The van der Waals surface area contributed by atoms with E-state index in [1.807, 2.05) is 0 Å². The van der Waals surface area contributed by atoms with Crippen LogP contribution < -0.4 is 0 Å². The van der Waals surface area contributed by atoms with Crippen molar-refractivity contribution in [3.05, 3.63) is 50.9 Å². The maximum absolute atomic E-state index is 14.1. The Labute approximate surface area is 230 Å². The topological polar surface area (TPSA) is 118 Å². The summed E-state index contributed by atoms with van der Waals surface area (Å²) in [6.45, 7) is 8.68. The Morgan fingerprint density at radius 3 is 2.59 bits per heavy atom. The number of hydrogen-bond acceptors (Lipinski definition) is 5. The highest BCUT2D eigenvalue weighted by Crippen LogP contribution is 2.36. The molecule has 210 valence electrons. The number of aryl methyl sites for hydroxylation is 2. The maximum Gasteiger partial charge on any atom is 0.435 e. The Balaban J connectivity index is 1.31. The number of hydrogen-bond donors (Lipinski definition) is 0. The number of carbonyl (C=O) groups excluding carboxylic acids is 2. The van der Waals surface area contributed by atoms with Gasteiger partial charge in [0.05, 0.1) is 17.8 Å². The number of carbonyl (C=O) groups is 2. The van der Waals surface area contributed by atoms with Crippen molar-refractivity contribution in [2.75, 3.05) is 6.54 Å². The van der Waals surface area contributed by atoms with Crippen LogP contribution in [-0.4, -0.2) is 55.5 Å². The van der Waals surface area contributed by atoms with Gasteiger partial charge in [-0.3, -0.25) is 4.79 Å². The molecule has 2 aromatic rings. The minimum Gasteiger partial charge on any atom is -0.442 e. The molecular weight excluding hydrogens is 494 g/mol. The Hall–Kier alpha value is -3.26. The molecule has 0 N–H and O–H groups in total. The Morgan fingerprint density at radius 2 is 1.90 bits per heavy atom. The fourth-order valence-electron chi connectivity index (χ4n) is 6.38. The summed E-state index contributed by atoms with van der Waals surface area (Å²) < 4.78 is 9.14. The highest BCUT2D eigenvalue weighted by molar-refractivity contribution is 5.96. The highest BCUT2D eigenvalue weighted by Gasteiger charge is 2.40. The molecule has 39 heavy (non-hydrogen) atoms. The molecule has 1 unspecified atom stereocenters. The van der Waals surface area contributed by atoms with Gasteiger partial charge in [-0.2, -0.15) is 9.78 Å². The van der Waals surface area contributed by atoms with Crippen LogP contribution in [0.4, 0.5) is 4.79 Å². The first-order valence-corrected chi connectivity index (χ1v) is 14.5. The van der Waals surface area contributed by atoms with Crippen LogP contribution in [0.1, 0.15) is 98.2 Å². The molecule has 10 heteroatoms. The first-order chi connectivity index (χ1) is 18.7. The van der Waals surface area contributed by atoms with E-state index in [1.165, 1.54) is 42.5 Å². The van der Waals surface area contributed by atoms with Crippen LogP contribution in [0, 0.1) is 19.8 Å². The van der Waals surface area contributed by atoms with Crippen molar-refractivity contribution in [2.45, 2.75) is 116 Å². The van der Waals surface area contributed by atoms with Gasteiger partial charge in [0, 0.05) is 41.1 Å². The summed E-state index contributed by atoms with van der Waals surface area (Å²) in [6, 6.07) is 2.46. The third-order valence-corrected chi connectivity index (χ3v) is 8.65. The molecule has 2 heterocycles. The fourth-order valence-corrected chi connectivity index (χ4v) is 6.38. The summed E-state index contributed by atoms with van der Waals surface area (Å²) in [7, 11) is 0. The SMILES string of the molecule is Cc1cc(C(=O)N(C2CC2)C2CCc3nn(C(=O)OC(C)(C)CN=[N+]=[N-])cc3C2)c(C)n1CC1CCCCC1. The molecule has 0 aromatic carbocycles. The molecule has 0 bridgehead atoms. The van der Waals surface area contributed by atoms with Crippen molar-refractivity contribution in [3.8, 4) is 0 Å². The molecule has 0 aliphatic heterocycles. The van der Waals surface area contributed by atoms with Crippen molar-refractivity contribution in [1.82, 2.24) is 19.2 Å². The van der Waals surface area contributed by atoms with Crippen LogP contribution in [0.2, 0.25) is 0 Å². The smallest absolute Gasteiger partial charge is 0.435 e. The van der Waals surface area contributed by atoms with Crippen molar-refractivity contribution in [2.24, 2.45) is 11.0 Å². The minimum absolute atomic E-state index is 0.0397. The molecule has 3 aliphatic carbocycles. The molecule has 1 amide bonds. The van der Waals surface area contributed by atoms with Gasteiger partial charge in [-0.05, 0) is 95.7 Å². The number of azide groups is 1. The predicted molar refractivity (Wildman–Crippen MR) is 148 cm³/mol. The summed E-state index contributed by atoms with van der Waals surface area (Å²) in [5, 5.41) is 8.01. The van der Waals surface area contributed by atoms with Gasteiger partial charge < -0.3 is 14.2 Å². The molecule has 3 aliphatic rings. The van der Waals surface area contributed by atoms with Gasteiger partial charge in [-0.15, -0.1) is 0 Å². The van der Waals surface area contributed by atoms with E-state index in [0.29, 0.717) is 18.8 Å². The van der Waals surface area contributed by atoms with E-state index in [-0.39, 0.29) is 24.5 Å². The summed E-state index contributed by atoms with van der Waals surface area (Å²) in [5.74, 6) is 0.844. The quantitative estimate of drug-likeness (QED) is 0.230. The van der Waals surface area contributed by atoms with Crippen LogP contribution in [-0.2, 0) is 24.1 Å². The van der Waals surface area contributed by atoms with E-state index in [4.69, 9.17) is 10.3 Å². The summed E-state index contributed by atoms with van der Waals surface area (Å²) in [4.78, 5) is 31.7. The number of aromatic nitrogens is 3. The van der Waals surface area contributed by atoms with E-state index < -0.39 is 11.7 Å². The number of amides is 1. The molecule has 0 saturated heterocycles. The lowest BCUT2D eigenvalue weighted by atomic mass is 9.89. The van der Waals surface area contributed by atoms with E-state index >= 15 is 0 Å². The Morgan fingerprint density at radius 1 is 1.15 bits per heavy atom. The second kappa shape index (κ2) is 11.1. The van der Waals surface area contributed by atoms with Crippen molar-refractivity contribution in [3.63, 3.8) is 0 Å². The predicted octanol–water partition coefficient (Wildman–Crippen LogP) is 6.12. The van der Waals surface area contributed by atoms with Crippen LogP contribution in [0.3, 0.4) is 0 Å². The molecule has 0 spiro atoms. The molecular formula is C29H41N7O3. The van der Waals surface area contributed by atoms with Crippen molar-refractivity contribution >= 4 is 12.0 Å². The molecule has 2 saturated carbocycles. The molecule has 2 aromatic heterocycles. The van der Waals surface area contributed by atoms with Gasteiger partial charge in [0.1, 0.15) is 5.60 Å². The number of fused-ring (bicyclic) bond motifs is 1. The zero-order chi connectivity index (χ0) is 27.7. The van der Waals surface area contributed by atoms with Gasteiger partial charge in [0.2, 0.25) is 0 Å². The maximum atomic E-state index is 14.1. The Kier molecular flexibility index (Phi) is 7.76. The van der Waals surface area contributed by atoms with Crippen LogP contribution in [0.25, 0.3) is 10.4 Å². The fraction of sp³-hybridized carbons (Fsp3) is 0.690. The normalized spacial score (nSPS) is 19.7. The van der Waals surface area contributed by atoms with Crippen molar-refractivity contribution < 1.29 is 14.3 Å². The molecule has 0 radical (unpaired) electrons. The second-order valence-electron chi connectivity index (χ2n) is 12.3. The average molecular weight is 536 g/mol. The average Bonchev–Trinajstić information content (AvgIpc) is 3.58. The lowest BCUT2D eigenvalue weighted by Crippen LogP contribution is -2.45. The standard InChI is InChI=1S/C29H41N7O3/c1-19-14-25(20(2)34(19)16-21-8-6-5-7-9-21)27(37)36(23-10-11-23)24-12-13-26-22(15-24)17-35(32-26)28(38)39-29(3,4)18-31-33-30/h14,17,21,23-24H,5-13,15-16,18H2,1-4H3. The van der Waals surface area contributed by atoms with Gasteiger partial charge in [0.25, 0.3) is 5.91 Å².